The van der Waals surface area contributed by atoms with Crippen molar-refractivity contribution in [3.63, 3.8) is 0 Å². The Morgan fingerprint density at radius 1 is 1.13 bits per heavy atom. The van der Waals surface area contributed by atoms with Crippen LogP contribution in [0.3, 0.4) is 0 Å². The number of hydrogen-bond donors (Lipinski definition) is 2. The number of nitrogens with one attached hydrogen (secondary N) is 2. The van der Waals surface area contributed by atoms with Gasteiger partial charge >= 0.3 is 0 Å². The number of para-hydroxylation sites is 1. The third-order valence-electron chi connectivity index (χ3n) is 5.86. The second kappa shape index (κ2) is 12.1. The summed E-state index contributed by atoms with van der Waals surface area (Å²) in [4.78, 5) is 4.87. The highest BCUT2D eigenvalue weighted by molar-refractivity contribution is 14.0. The number of guanidine groups is 1. The molecule has 0 aliphatic heterocycles. The summed E-state index contributed by atoms with van der Waals surface area (Å²) in [5.74, 6) is 1.96. The van der Waals surface area contributed by atoms with Crippen LogP contribution >= 0.6 is 24.0 Å². The number of fused-ring (bicyclic) bond motifs is 1. The number of aryl methyl sites for hydroxylation is 2. The minimum absolute atomic E-state index is 0. The zero-order valence-electron chi connectivity index (χ0n) is 18.3. The van der Waals surface area contributed by atoms with E-state index in [0.29, 0.717) is 6.04 Å². The van der Waals surface area contributed by atoms with Crippen molar-refractivity contribution in [2.24, 2.45) is 4.99 Å². The Balaban J connectivity index is 0.00000272. The topological polar surface area (TPSA) is 72.1 Å². The van der Waals surface area contributed by atoms with Crippen molar-refractivity contribution in [2.45, 2.75) is 64.6 Å². The molecule has 0 unspecified atom stereocenters. The van der Waals surface area contributed by atoms with E-state index in [1.165, 1.54) is 36.6 Å². The van der Waals surface area contributed by atoms with Gasteiger partial charge in [0, 0.05) is 50.4 Å². The SMILES string of the molecule is CCc1nncn1CCNC(=NCCCn1ccc2ccccc21)NC1CCCC1.I. The van der Waals surface area contributed by atoms with Gasteiger partial charge in [-0.15, -0.1) is 34.2 Å². The highest BCUT2D eigenvalue weighted by atomic mass is 127. The summed E-state index contributed by atoms with van der Waals surface area (Å²) < 4.78 is 4.43. The molecule has 1 saturated carbocycles. The van der Waals surface area contributed by atoms with Crippen molar-refractivity contribution in [1.29, 1.82) is 0 Å². The van der Waals surface area contributed by atoms with Crippen LogP contribution in [-0.4, -0.2) is 44.4 Å². The molecule has 1 aliphatic carbocycles. The normalized spacial score (nSPS) is 14.7. The molecule has 1 aliphatic rings. The molecular weight excluding hydrogens is 501 g/mol. The molecule has 3 aromatic rings. The molecule has 1 fully saturated rings. The van der Waals surface area contributed by atoms with Crippen LogP contribution in [0.25, 0.3) is 10.9 Å². The zero-order valence-corrected chi connectivity index (χ0v) is 20.7. The van der Waals surface area contributed by atoms with Gasteiger partial charge in [-0.3, -0.25) is 4.99 Å². The molecule has 0 bridgehead atoms. The lowest BCUT2D eigenvalue weighted by Gasteiger charge is -2.18. The number of nitrogens with zero attached hydrogens (tertiary/aromatic N) is 5. The van der Waals surface area contributed by atoms with E-state index in [2.05, 4.69) is 73.4 Å². The van der Waals surface area contributed by atoms with E-state index in [-0.39, 0.29) is 24.0 Å². The molecule has 1 aromatic carbocycles. The molecule has 168 valence electrons. The van der Waals surface area contributed by atoms with E-state index in [4.69, 9.17) is 4.99 Å². The molecule has 0 atom stereocenters. The minimum Gasteiger partial charge on any atom is -0.355 e. The third-order valence-corrected chi connectivity index (χ3v) is 5.86. The molecular formula is C23H34IN7. The fourth-order valence-corrected chi connectivity index (χ4v) is 4.22. The molecule has 8 heteroatoms. The molecule has 4 rings (SSSR count). The van der Waals surface area contributed by atoms with E-state index in [0.717, 1.165) is 50.8 Å². The Morgan fingerprint density at radius 3 is 2.81 bits per heavy atom. The Labute approximate surface area is 201 Å². The first-order valence-corrected chi connectivity index (χ1v) is 11.3. The quantitative estimate of drug-likeness (QED) is 0.188. The lowest BCUT2D eigenvalue weighted by Crippen LogP contribution is -2.43. The standard InChI is InChI=1S/C23H33N7.HI/c1-2-22-28-26-18-30(22)17-14-25-23(27-20-9-4-5-10-20)24-13-7-15-29-16-12-19-8-3-6-11-21(19)29;/h3,6,8,11-12,16,18,20H,2,4-5,7,9-10,13-15,17H2,1H3,(H2,24,25,27);1H. The van der Waals surface area contributed by atoms with Crippen LogP contribution in [-0.2, 0) is 19.5 Å². The fourth-order valence-electron chi connectivity index (χ4n) is 4.22. The van der Waals surface area contributed by atoms with Crippen LogP contribution in [0.5, 0.6) is 0 Å². The predicted molar refractivity (Wildman–Crippen MR) is 137 cm³/mol. The average molecular weight is 535 g/mol. The first kappa shape index (κ1) is 23.6. The second-order valence-corrected chi connectivity index (χ2v) is 8.00. The minimum atomic E-state index is 0. The van der Waals surface area contributed by atoms with Crippen LogP contribution in [0.2, 0.25) is 0 Å². The van der Waals surface area contributed by atoms with E-state index in [1.54, 1.807) is 0 Å². The lowest BCUT2D eigenvalue weighted by atomic mass is 10.2. The number of aliphatic imine (C=N–C) groups is 1. The van der Waals surface area contributed by atoms with E-state index in [9.17, 15) is 0 Å². The van der Waals surface area contributed by atoms with Gasteiger partial charge in [0.15, 0.2) is 5.96 Å². The average Bonchev–Trinajstić information content (AvgIpc) is 3.52. The molecule has 0 saturated heterocycles. The van der Waals surface area contributed by atoms with Crippen molar-refractivity contribution in [2.75, 3.05) is 13.1 Å². The Hall–Kier alpha value is -2.10. The molecule has 0 spiro atoms. The monoisotopic (exact) mass is 535 g/mol. The molecule has 0 amide bonds. The predicted octanol–water partition coefficient (Wildman–Crippen LogP) is 3.98. The summed E-state index contributed by atoms with van der Waals surface area (Å²) in [6.07, 6.45) is 11.0. The summed E-state index contributed by atoms with van der Waals surface area (Å²) in [7, 11) is 0. The van der Waals surface area contributed by atoms with Gasteiger partial charge in [0.2, 0.25) is 0 Å². The zero-order chi connectivity index (χ0) is 20.6. The van der Waals surface area contributed by atoms with Gasteiger partial charge in [-0.25, -0.2) is 0 Å². The summed E-state index contributed by atoms with van der Waals surface area (Å²) in [5, 5.41) is 16.6. The first-order chi connectivity index (χ1) is 14.8. The van der Waals surface area contributed by atoms with Gasteiger partial charge in [0.05, 0.1) is 0 Å². The Bertz CT molecular complexity index is 956. The van der Waals surface area contributed by atoms with Crippen LogP contribution in [0, 0.1) is 0 Å². The highest BCUT2D eigenvalue weighted by Crippen LogP contribution is 2.17. The molecule has 2 heterocycles. The van der Waals surface area contributed by atoms with Gasteiger partial charge in [0.25, 0.3) is 0 Å². The van der Waals surface area contributed by atoms with Crippen molar-refractivity contribution < 1.29 is 0 Å². The largest absolute Gasteiger partial charge is 0.355 e. The number of aromatic nitrogens is 4. The van der Waals surface area contributed by atoms with E-state index < -0.39 is 0 Å². The number of hydrogen-bond acceptors (Lipinski definition) is 3. The fraction of sp³-hybridized carbons (Fsp3) is 0.522. The van der Waals surface area contributed by atoms with Crippen LogP contribution in [0.15, 0.2) is 47.8 Å². The molecule has 0 radical (unpaired) electrons. The van der Waals surface area contributed by atoms with Crippen molar-refractivity contribution >= 4 is 40.8 Å². The van der Waals surface area contributed by atoms with Gasteiger partial charge in [-0.2, -0.15) is 0 Å². The van der Waals surface area contributed by atoms with Gasteiger partial charge < -0.3 is 19.8 Å². The Kier molecular flexibility index (Phi) is 9.17. The maximum Gasteiger partial charge on any atom is 0.191 e. The van der Waals surface area contributed by atoms with Crippen LogP contribution < -0.4 is 10.6 Å². The second-order valence-electron chi connectivity index (χ2n) is 8.00. The molecule has 2 N–H and O–H groups in total. The number of halogens is 1. The first-order valence-electron chi connectivity index (χ1n) is 11.3. The summed E-state index contributed by atoms with van der Waals surface area (Å²) in [6.45, 7) is 5.55. The van der Waals surface area contributed by atoms with Crippen molar-refractivity contribution in [1.82, 2.24) is 30.0 Å². The van der Waals surface area contributed by atoms with Crippen LogP contribution in [0.4, 0.5) is 0 Å². The smallest absolute Gasteiger partial charge is 0.191 e. The maximum absolute atomic E-state index is 4.87. The lowest BCUT2D eigenvalue weighted by molar-refractivity contribution is 0.589. The Morgan fingerprint density at radius 2 is 1.97 bits per heavy atom. The van der Waals surface area contributed by atoms with E-state index in [1.807, 2.05) is 6.33 Å². The van der Waals surface area contributed by atoms with Crippen molar-refractivity contribution in [3.8, 4) is 0 Å². The third kappa shape index (κ3) is 6.44. The van der Waals surface area contributed by atoms with Crippen LogP contribution in [0.1, 0.15) is 44.9 Å². The summed E-state index contributed by atoms with van der Waals surface area (Å²) in [6, 6.07) is 11.3. The number of rotatable bonds is 9. The highest BCUT2D eigenvalue weighted by Gasteiger charge is 2.16. The van der Waals surface area contributed by atoms with Gasteiger partial charge in [-0.1, -0.05) is 38.0 Å². The van der Waals surface area contributed by atoms with Gasteiger partial charge in [-0.05, 0) is 36.8 Å². The van der Waals surface area contributed by atoms with Crippen molar-refractivity contribution in [3.05, 3.63) is 48.7 Å². The maximum atomic E-state index is 4.87. The van der Waals surface area contributed by atoms with E-state index >= 15 is 0 Å². The summed E-state index contributed by atoms with van der Waals surface area (Å²) in [5.41, 5.74) is 1.30. The number of benzene rings is 1. The molecule has 31 heavy (non-hydrogen) atoms. The summed E-state index contributed by atoms with van der Waals surface area (Å²) >= 11 is 0. The molecule has 2 aromatic heterocycles. The molecule has 7 nitrogen and oxygen atoms in total. The van der Waals surface area contributed by atoms with Gasteiger partial charge in [0.1, 0.15) is 12.2 Å².